The molecule has 0 radical (unpaired) electrons. The van der Waals surface area contributed by atoms with Crippen molar-refractivity contribution in [2.24, 2.45) is 0 Å². The molecule has 2 fully saturated rings. The zero-order valence-corrected chi connectivity index (χ0v) is 12.1. The van der Waals surface area contributed by atoms with Gasteiger partial charge in [0.2, 0.25) is 11.8 Å². The first kappa shape index (κ1) is 14.5. The maximum absolute atomic E-state index is 12.2. The maximum atomic E-state index is 12.2. The van der Waals surface area contributed by atoms with Gasteiger partial charge in [-0.1, -0.05) is 6.92 Å². The van der Waals surface area contributed by atoms with E-state index in [1.165, 1.54) is 4.90 Å². The third-order valence-electron chi connectivity index (χ3n) is 4.24. The predicted octanol–water partition coefficient (Wildman–Crippen LogP) is 1.07. The molecule has 1 N–H and O–H groups in total. The number of nitrogens with one attached hydrogen (secondary N) is 1. The minimum Gasteiger partial charge on any atom is -0.374 e. The van der Waals surface area contributed by atoms with Crippen molar-refractivity contribution >= 4 is 11.8 Å². The van der Waals surface area contributed by atoms with Gasteiger partial charge in [-0.05, 0) is 33.1 Å². The SMILES string of the molecule is CCC(C)N1C(=O)CC(NCC2(C)CCCO2)C1=O. The van der Waals surface area contributed by atoms with Crippen LogP contribution in [0.4, 0.5) is 0 Å². The number of hydrogen-bond acceptors (Lipinski definition) is 4. The van der Waals surface area contributed by atoms with E-state index in [0.29, 0.717) is 6.54 Å². The van der Waals surface area contributed by atoms with E-state index in [1.807, 2.05) is 13.8 Å². The molecule has 2 amide bonds. The van der Waals surface area contributed by atoms with Crippen molar-refractivity contribution in [2.45, 2.75) is 64.1 Å². The van der Waals surface area contributed by atoms with Crippen LogP contribution in [0.3, 0.4) is 0 Å². The Hall–Kier alpha value is -0.940. The second kappa shape index (κ2) is 5.59. The summed E-state index contributed by atoms with van der Waals surface area (Å²) < 4.78 is 5.69. The van der Waals surface area contributed by atoms with Gasteiger partial charge in [0.05, 0.1) is 18.1 Å². The minimum absolute atomic E-state index is 0.00915. The molecule has 5 heteroatoms. The van der Waals surface area contributed by atoms with Crippen LogP contribution in [0, 0.1) is 0 Å². The lowest BCUT2D eigenvalue weighted by Gasteiger charge is -2.26. The summed E-state index contributed by atoms with van der Waals surface area (Å²) in [7, 11) is 0. The van der Waals surface area contributed by atoms with Gasteiger partial charge < -0.3 is 10.1 Å². The molecular formula is C14H24N2O3. The fourth-order valence-corrected chi connectivity index (χ4v) is 2.77. The van der Waals surface area contributed by atoms with Gasteiger partial charge in [-0.2, -0.15) is 0 Å². The summed E-state index contributed by atoms with van der Waals surface area (Å²) in [6.45, 7) is 7.37. The van der Waals surface area contributed by atoms with Crippen LogP contribution in [0.5, 0.6) is 0 Å². The van der Waals surface area contributed by atoms with Crippen molar-refractivity contribution in [2.75, 3.05) is 13.2 Å². The summed E-state index contributed by atoms with van der Waals surface area (Å²) >= 11 is 0. The lowest BCUT2D eigenvalue weighted by Crippen LogP contribution is -2.47. The molecule has 108 valence electrons. The van der Waals surface area contributed by atoms with Crippen molar-refractivity contribution in [3.8, 4) is 0 Å². The molecule has 5 nitrogen and oxygen atoms in total. The Bertz CT molecular complexity index is 364. The molecule has 0 aromatic rings. The minimum atomic E-state index is -0.373. The van der Waals surface area contributed by atoms with Gasteiger partial charge in [-0.3, -0.25) is 14.5 Å². The number of likely N-dealkylation sites (tertiary alicyclic amines) is 1. The first-order chi connectivity index (χ1) is 8.97. The first-order valence-corrected chi connectivity index (χ1v) is 7.20. The van der Waals surface area contributed by atoms with Gasteiger partial charge in [-0.25, -0.2) is 0 Å². The molecule has 3 unspecified atom stereocenters. The number of amides is 2. The molecule has 2 heterocycles. The van der Waals surface area contributed by atoms with Crippen molar-refractivity contribution < 1.29 is 14.3 Å². The van der Waals surface area contributed by atoms with Crippen molar-refractivity contribution in [1.29, 1.82) is 0 Å². The van der Waals surface area contributed by atoms with E-state index in [0.717, 1.165) is 25.9 Å². The monoisotopic (exact) mass is 268 g/mol. The van der Waals surface area contributed by atoms with Gasteiger partial charge in [0.25, 0.3) is 0 Å². The summed E-state index contributed by atoms with van der Waals surface area (Å²) in [5.41, 5.74) is -0.187. The number of imide groups is 1. The van der Waals surface area contributed by atoms with Crippen LogP contribution in [-0.2, 0) is 14.3 Å². The highest BCUT2D eigenvalue weighted by Crippen LogP contribution is 2.25. The second-order valence-electron chi connectivity index (χ2n) is 5.90. The average Bonchev–Trinajstić information content (AvgIpc) is 2.92. The Morgan fingerprint density at radius 2 is 2.26 bits per heavy atom. The predicted molar refractivity (Wildman–Crippen MR) is 71.6 cm³/mol. The normalized spacial score (nSPS) is 33.2. The largest absolute Gasteiger partial charge is 0.374 e. The van der Waals surface area contributed by atoms with E-state index < -0.39 is 0 Å². The van der Waals surface area contributed by atoms with Gasteiger partial charge in [-0.15, -0.1) is 0 Å². The van der Waals surface area contributed by atoms with Crippen LogP contribution in [0.15, 0.2) is 0 Å². The fraction of sp³-hybridized carbons (Fsp3) is 0.857. The average molecular weight is 268 g/mol. The topological polar surface area (TPSA) is 58.6 Å². The Balaban J connectivity index is 1.92. The zero-order chi connectivity index (χ0) is 14.0. The smallest absolute Gasteiger partial charge is 0.247 e. The molecule has 0 bridgehead atoms. The number of carbonyl (C=O) groups is 2. The Morgan fingerprint density at radius 1 is 1.53 bits per heavy atom. The molecule has 0 spiro atoms. The summed E-state index contributed by atoms with van der Waals surface area (Å²) in [6.07, 6.45) is 3.14. The standard InChI is InChI=1S/C14H24N2O3/c1-4-10(2)16-12(17)8-11(13(16)18)15-9-14(3)6-5-7-19-14/h10-11,15H,4-9H2,1-3H3. The number of hydrogen-bond donors (Lipinski definition) is 1. The fourth-order valence-electron chi connectivity index (χ4n) is 2.77. The molecule has 0 aromatic heterocycles. The molecule has 0 aromatic carbocycles. The van der Waals surface area contributed by atoms with Gasteiger partial charge >= 0.3 is 0 Å². The molecular weight excluding hydrogens is 244 g/mol. The van der Waals surface area contributed by atoms with E-state index in [-0.39, 0.29) is 35.9 Å². The third-order valence-corrected chi connectivity index (χ3v) is 4.24. The number of nitrogens with zero attached hydrogens (tertiary/aromatic N) is 1. The number of ether oxygens (including phenoxy) is 1. The van der Waals surface area contributed by atoms with E-state index >= 15 is 0 Å². The molecule has 0 aliphatic carbocycles. The Morgan fingerprint density at radius 3 is 2.84 bits per heavy atom. The highest BCUT2D eigenvalue weighted by atomic mass is 16.5. The highest BCUT2D eigenvalue weighted by Gasteiger charge is 2.41. The van der Waals surface area contributed by atoms with Crippen LogP contribution < -0.4 is 5.32 Å². The maximum Gasteiger partial charge on any atom is 0.247 e. The van der Waals surface area contributed by atoms with Crippen molar-refractivity contribution in [1.82, 2.24) is 10.2 Å². The zero-order valence-electron chi connectivity index (χ0n) is 12.1. The number of carbonyl (C=O) groups excluding carboxylic acids is 2. The van der Waals surface area contributed by atoms with Crippen LogP contribution >= 0.6 is 0 Å². The molecule has 2 aliphatic heterocycles. The molecule has 3 atom stereocenters. The Kier molecular flexibility index (Phi) is 4.26. The summed E-state index contributed by atoms with van der Waals surface area (Å²) in [6, 6.07) is -0.382. The van der Waals surface area contributed by atoms with E-state index in [4.69, 9.17) is 4.74 Å². The quantitative estimate of drug-likeness (QED) is 0.758. The van der Waals surface area contributed by atoms with Crippen molar-refractivity contribution in [3.05, 3.63) is 0 Å². The molecule has 2 aliphatic rings. The molecule has 0 saturated carbocycles. The van der Waals surface area contributed by atoms with E-state index in [1.54, 1.807) is 0 Å². The van der Waals surface area contributed by atoms with E-state index in [2.05, 4.69) is 12.2 Å². The van der Waals surface area contributed by atoms with Gasteiger partial charge in [0, 0.05) is 19.2 Å². The number of rotatable bonds is 5. The molecule has 2 saturated heterocycles. The molecule has 2 rings (SSSR count). The van der Waals surface area contributed by atoms with Crippen LogP contribution in [-0.4, -0.2) is 47.6 Å². The van der Waals surface area contributed by atoms with Crippen LogP contribution in [0.25, 0.3) is 0 Å². The third kappa shape index (κ3) is 2.98. The van der Waals surface area contributed by atoms with Gasteiger partial charge in [0.1, 0.15) is 0 Å². The summed E-state index contributed by atoms with van der Waals surface area (Å²) in [4.78, 5) is 25.5. The molecule has 19 heavy (non-hydrogen) atoms. The van der Waals surface area contributed by atoms with Crippen molar-refractivity contribution in [3.63, 3.8) is 0 Å². The van der Waals surface area contributed by atoms with E-state index in [9.17, 15) is 9.59 Å². The van der Waals surface area contributed by atoms with Crippen LogP contribution in [0.1, 0.15) is 46.5 Å². The lowest BCUT2D eigenvalue weighted by atomic mass is 10.0. The summed E-state index contributed by atoms with van der Waals surface area (Å²) in [5, 5.41) is 3.22. The van der Waals surface area contributed by atoms with Gasteiger partial charge in [0.15, 0.2) is 0 Å². The lowest BCUT2D eigenvalue weighted by molar-refractivity contribution is -0.141. The Labute approximate surface area is 114 Å². The second-order valence-corrected chi connectivity index (χ2v) is 5.90. The summed E-state index contributed by atoms with van der Waals surface area (Å²) in [5.74, 6) is -0.143. The first-order valence-electron chi connectivity index (χ1n) is 7.20. The highest BCUT2D eigenvalue weighted by molar-refractivity contribution is 6.05. The van der Waals surface area contributed by atoms with Crippen LogP contribution in [0.2, 0.25) is 0 Å².